The Hall–Kier alpha value is -1.00. The van der Waals surface area contributed by atoms with Gasteiger partial charge in [-0.05, 0) is 49.2 Å². The molecule has 0 unspecified atom stereocenters. The third-order valence-electron chi connectivity index (χ3n) is 3.87. The number of benzene rings is 1. The summed E-state index contributed by atoms with van der Waals surface area (Å²) in [6, 6.07) is 9.42. The molecule has 0 aliphatic carbocycles. The maximum Gasteiger partial charge on any atom is 0.134 e. The van der Waals surface area contributed by atoms with E-state index in [0.29, 0.717) is 16.0 Å². The zero-order chi connectivity index (χ0) is 14.8. The summed E-state index contributed by atoms with van der Waals surface area (Å²) in [6.07, 6.45) is 1.05. The number of hydrogen-bond acceptors (Lipinski definition) is 3. The molecule has 1 aliphatic rings. The molecule has 1 N–H and O–H groups in total. The van der Waals surface area contributed by atoms with Crippen LogP contribution in [0.4, 0.5) is 0 Å². The van der Waals surface area contributed by atoms with E-state index in [9.17, 15) is 5.11 Å². The summed E-state index contributed by atoms with van der Waals surface area (Å²) in [7, 11) is 0. The van der Waals surface area contributed by atoms with E-state index >= 15 is 0 Å². The molecule has 3 nitrogen and oxygen atoms in total. The van der Waals surface area contributed by atoms with Gasteiger partial charge in [0.1, 0.15) is 11.5 Å². The Kier molecular flexibility index (Phi) is 4.55. The summed E-state index contributed by atoms with van der Waals surface area (Å²) in [4.78, 5) is 2.30. The van der Waals surface area contributed by atoms with Crippen molar-refractivity contribution in [1.29, 1.82) is 0 Å². The predicted molar refractivity (Wildman–Crippen MR) is 84.6 cm³/mol. The van der Waals surface area contributed by atoms with Gasteiger partial charge >= 0.3 is 0 Å². The zero-order valence-electron chi connectivity index (χ0n) is 11.6. The lowest BCUT2D eigenvalue weighted by Crippen LogP contribution is -2.20. The number of furan rings is 1. The Labute approximate surface area is 134 Å². The molecule has 0 spiro atoms. The maximum atomic E-state index is 9.18. The van der Waals surface area contributed by atoms with E-state index < -0.39 is 0 Å². The molecular weight excluding hydrogens is 309 g/mol. The van der Waals surface area contributed by atoms with Crippen LogP contribution in [-0.2, 0) is 6.54 Å². The molecule has 1 aromatic carbocycles. The fourth-order valence-electron chi connectivity index (χ4n) is 2.69. The van der Waals surface area contributed by atoms with Crippen LogP contribution < -0.4 is 0 Å². The van der Waals surface area contributed by atoms with Gasteiger partial charge in [0, 0.05) is 18.7 Å². The number of nitrogens with zero attached hydrogens (tertiary/aromatic N) is 1. The topological polar surface area (TPSA) is 36.6 Å². The quantitative estimate of drug-likeness (QED) is 0.920. The van der Waals surface area contributed by atoms with Crippen LogP contribution in [0.2, 0.25) is 10.0 Å². The molecule has 5 heteroatoms. The Morgan fingerprint density at radius 2 is 2.05 bits per heavy atom. The van der Waals surface area contributed by atoms with Crippen molar-refractivity contribution in [3.8, 4) is 11.3 Å². The van der Waals surface area contributed by atoms with Crippen LogP contribution in [0.3, 0.4) is 0 Å². The van der Waals surface area contributed by atoms with Crippen molar-refractivity contribution in [3.05, 3.63) is 46.1 Å². The summed E-state index contributed by atoms with van der Waals surface area (Å²) in [5, 5.41) is 10.2. The largest absolute Gasteiger partial charge is 0.460 e. The number of aliphatic hydroxyl groups excluding tert-OH is 1. The highest BCUT2D eigenvalue weighted by Gasteiger charge is 2.22. The molecule has 1 aliphatic heterocycles. The summed E-state index contributed by atoms with van der Waals surface area (Å²) in [5.74, 6) is 2.12. The second-order valence-electron chi connectivity index (χ2n) is 5.47. The van der Waals surface area contributed by atoms with Gasteiger partial charge < -0.3 is 9.52 Å². The fraction of sp³-hybridized carbons (Fsp3) is 0.375. The zero-order valence-corrected chi connectivity index (χ0v) is 13.1. The van der Waals surface area contributed by atoms with Crippen LogP contribution in [0.15, 0.2) is 34.7 Å². The summed E-state index contributed by atoms with van der Waals surface area (Å²) in [5.41, 5.74) is 0.922. The Morgan fingerprint density at radius 1 is 1.19 bits per heavy atom. The fourth-order valence-corrected chi connectivity index (χ4v) is 2.99. The van der Waals surface area contributed by atoms with E-state index in [-0.39, 0.29) is 6.61 Å². The lowest BCUT2D eigenvalue weighted by atomic mass is 10.1. The Balaban J connectivity index is 1.70. The van der Waals surface area contributed by atoms with Crippen LogP contribution in [-0.4, -0.2) is 29.7 Å². The van der Waals surface area contributed by atoms with E-state index in [1.165, 1.54) is 0 Å². The molecule has 0 bridgehead atoms. The molecule has 0 saturated carbocycles. The van der Waals surface area contributed by atoms with Gasteiger partial charge in [-0.25, -0.2) is 0 Å². The molecule has 3 rings (SSSR count). The van der Waals surface area contributed by atoms with Crippen LogP contribution in [0.1, 0.15) is 12.2 Å². The minimum atomic E-state index is 0.267. The highest BCUT2D eigenvalue weighted by atomic mass is 35.5. The van der Waals surface area contributed by atoms with Crippen LogP contribution in [0.25, 0.3) is 11.3 Å². The average molecular weight is 326 g/mol. The minimum absolute atomic E-state index is 0.267. The van der Waals surface area contributed by atoms with E-state index in [4.69, 9.17) is 27.6 Å². The Morgan fingerprint density at radius 3 is 2.76 bits per heavy atom. The van der Waals surface area contributed by atoms with E-state index in [0.717, 1.165) is 43.1 Å². The molecule has 1 saturated heterocycles. The summed E-state index contributed by atoms with van der Waals surface area (Å²) >= 11 is 12.0. The summed E-state index contributed by atoms with van der Waals surface area (Å²) < 4.78 is 5.89. The first-order valence-electron chi connectivity index (χ1n) is 7.03. The van der Waals surface area contributed by atoms with Gasteiger partial charge in [0.05, 0.1) is 16.6 Å². The SMILES string of the molecule is OC[C@H]1CCN(Cc2ccc(-c3ccc(Cl)c(Cl)c3)o2)C1. The first-order valence-corrected chi connectivity index (χ1v) is 7.78. The molecule has 2 aromatic rings. The van der Waals surface area contributed by atoms with Crippen molar-refractivity contribution in [2.45, 2.75) is 13.0 Å². The average Bonchev–Trinajstić information content (AvgIpc) is 3.11. The number of rotatable bonds is 4. The number of halogens is 2. The highest BCUT2D eigenvalue weighted by Crippen LogP contribution is 2.30. The number of likely N-dealkylation sites (tertiary alicyclic amines) is 1. The maximum absolute atomic E-state index is 9.18. The minimum Gasteiger partial charge on any atom is -0.460 e. The van der Waals surface area contributed by atoms with Gasteiger partial charge in [-0.1, -0.05) is 23.2 Å². The van der Waals surface area contributed by atoms with E-state index in [1.54, 1.807) is 6.07 Å². The molecular formula is C16H17Cl2NO2. The van der Waals surface area contributed by atoms with Gasteiger partial charge in [-0.3, -0.25) is 4.90 Å². The Bertz CT molecular complexity index is 626. The van der Waals surface area contributed by atoms with Crippen molar-refractivity contribution >= 4 is 23.2 Å². The van der Waals surface area contributed by atoms with Crippen molar-refractivity contribution in [2.75, 3.05) is 19.7 Å². The monoisotopic (exact) mass is 325 g/mol. The predicted octanol–water partition coefficient (Wildman–Crippen LogP) is 4.07. The second kappa shape index (κ2) is 6.41. The highest BCUT2D eigenvalue weighted by molar-refractivity contribution is 6.42. The van der Waals surface area contributed by atoms with Gasteiger partial charge in [0.2, 0.25) is 0 Å². The van der Waals surface area contributed by atoms with Gasteiger partial charge in [-0.2, -0.15) is 0 Å². The first kappa shape index (κ1) is 14.9. The van der Waals surface area contributed by atoms with E-state index in [1.807, 2.05) is 24.3 Å². The second-order valence-corrected chi connectivity index (χ2v) is 6.28. The molecule has 112 valence electrons. The smallest absolute Gasteiger partial charge is 0.134 e. The van der Waals surface area contributed by atoms with Gasteiger partial charge in [-0.15, -0.1) is 0 Å². The molecule has 21 heavy (non-hydrogen) atoms. The van der Waals surface area contributed by atoms with Crippen molar-refractivity contribution in [1.82, 2.24) is 4.90 Å². The van der Waals surface area contributed by atoms with Crippen molar-refractivity contribution < 1.29 is 9.52 Å². The number of hydrogen-bond donors (Lipinski definition) is 1. The molecule has 0 amide bonds. The van der Waals surface area contributed by atoms with Crippen LogP contribution >= 0.6 is 23.2 Å². The van der Waals surface area contributed by atoms with Gasteiger partial charge in [0.15, 0.2) is 0 Å². The van der Waals surface area contributed by atoms with Crippen molar-refractivity contribution in [3.63, 3.8) is 0 Å². The first-order chi connectivity index (χ1) is 10.2. The lowest BCUT2D eigenvalue weighted by molar-refractivity contribution is 0.216. The lowest BCUT2D eigenvalue weighted by Gasteiger charge is -2.13. The van der Waals surface area contributed by atoms with Crippen LogP contribution in [0, 0.1) is 5.92 Å². The molecule has 1 aromatic heterocycles. The molecule has 0 radical (unpaired) electrons. The standard InChI is InChI=1S/C16H17Cl2NO2/c17-14-3-1-12(7-15(14)18)16-4-2-13(21-16)9-19-6-5-11(8-19)10-20/h1-4,7,11,20H,5-6,8-10H2/t11-/m0/s1. The van der Waals surface area contributed by atoms with Crippen LogP contribution in [0.5, 0.6) is 0 Å². The third-order valence-corrected chi connectivity index (χ3v) is 4.61. The molecule has 2 heterocycles. The van der Waals surface area contributed by atoms with Gasteiger partial charge in [0.25, 0.3) is 0 Å². The molecule has 1 atom stereocenters. The number of aliphatic hydroxyl groups is 1. The normalized spacial score (nSPS) is 19.3. The third kappa shape index (κ3) is 3.43. The summed E-state index contributed by atoms with van der Waals surface area (Å²) in [6.45, 7) is 2.98. The van der Waals surface area contributed by atoms with Crippen molar-refractivity contribution in [2.24, 2.45) is 5.92 Å². The molecule has 1 fully saturated rings. The van der Waals surface area contributed by atoms with E-state index in [2.05, 4.69) is 4.90 Å².